The Labute approximate surface area is 571 Å². The molecule has 0 spiro atoms. The van der Waals surface area contributed by atoms with Crippen LogP contribution in [0.5, 0.6) is 0 Å². The number of primary amides is 1. The third-order valence-electron chi connectivity index (χ3n) is 15.0. The van der Waals surface area contributed by atoms with Gasteiger partial charge in [-0.1, -0.05) is 214 Å². The minimum absolute atomic E-state index is 0.00330. The van der Waals surface area contributed by atoms with Crippen molar-refractivity contribution in [2.45, 2.75) is 165 Å². The second-order valence-corrected chi connectivity index (χ2v) is 22.7. The molecule has 0 aliphatic heterocycles. The number of Topliss-reactive ketones (excluding diaryl/α,β-unsaturated/α-hetero) is 4. The highest BCUT2D eigenvalue weighted by atomic mass is 16.6. The second kappa shape index (κ2) is 47.4. The Morgan fingerprint density at radius 2 is 0.771 bits per heavy atom. The van der Waals surface area contributed by atoms with Crippen LogP contribution < -0.4 is 38.1 Å². The lowest BCUT2D eigenvalue weighted by Gasteiger charge is -2.16. The molecule has 522 valence electrons. The van der Waals surface area contributed by atoms with Gasteiger partial charge in [0.2, 0.25) is 5.91 Å². The molecule has 9 rings (SSSR count). The topological polar surface area (TPSA) is 276 Å². The molecule has 3 aliphatic rings. The monoisotopic (exact) mass is 1320 g/mol. The normalized spacial score (nSPS) is 12.4. The fourth-order valence-corrected chi connectivity index (χ4v) is 10.5. The van der Waals surface area contributed by atoms with Crippen LogP contribution in [0.15, 0.2) is 146 Å². The Morgan fingerprint density at radius 1 is 0.448 bits per heavy atom. The number of carbonyl (C=O) groups excluding carboxylic acids is 8. The summed E-state index contributed by atoms with van der Waals surface area (Å²) in [7, 11) is 1.75. The lowest BCUT2D eigenvalue weighted by molar-refractivity contribution is -0.144. The lowest BCUT2D eigenvalue weighted by Crippen LogP contribution is -2.44. The smallest absolute Gasteiger partial charge is 0.407 e. The number of hydrogen-bond acceptors (Lipinski definition) is 16. The molecule has 0 heterocycles. The number of alkyl carbamates (subject to hydrolysis) is 1. The first-order valence-corrected chi connectivity index (χ1v) is 33.9. The van der Waals surface area contributed by atoms with E-state index >= 15 is 0 Å². The van der Waals surface area contributed by atoms with E-state index in [1.54, 1.807) is 20.9 Å². The molecule has 0 radical (unpaired) electrons. The Morgan fingerprint density at radius 3 is 1.05 bits per heavy atom. The predicted octanol–water partition coefficient (Wildman–Crippen LogP) is 12.5. The van der Waals surface area contributed by atoms with E-state index in [9.17, 15) is 38.4 Å². The van der Waals surface area contributed by atoms with Gasteiger partial charge in [0.1, 0.15) is 37.2 Å². The number of ketones is 4. The number of amides is 2. The van der Waals surface area contributed by atoms with E-state index in [-0.39, 0.29) is 91.3 Å². The molecule has 18 nitrogen and oxygen atoms in total. The summed E-state index contributed by atoms with van der Waals surface area (Å²) in [6.07, 6.45) is 3.48. The number of esters is 2. The maximum Gasteiger partial charge on any atom is 0.407 e. The van der Waals surface area contributed by atoms with Crippen molar-refractivity contribution in [1.29, 1.82) is 0 Å². The predicted molar refractivity (Wildman–Crippen MR) is 387 cm³/mol. The van der Waals surface area contributed by atoms with Crippen molar-refractivity contribution in [3.8, 4) is 33.4 Å². The standard InChI is InChI=1S/C18H17NO3.2C17H16O2.C15H31N5O3.C4H9NO.C3H8.2C2H6/c1-12(20)10-19-18(21)22-11-17-15-8-4-2-6-13(15)14-7-3-5-9-16(14)17;2*1-2-17(18)19-11-16-14-9-5-3-7-12(14)13-8-4-6-10-15(13)16;1-10(21)8-20-13(15(17)23)6-4-5-7-18-11(2)14(22)9-19-12(3)16;1-4(6)3-5-2;1-3-2;2*1-2/h2-9,17H,10-11H2,1H3,(H,19,21);2*3-10,16H,2,11H2,1H3;11-13,18-20H,4-9,16H2,1-3H3,(H2,17,23);5H,3H2,1-2H3;3H2,1-2H3;2*1-2H3/t;;;11?,12?,13-;;;;/m...0..../s1. The Hall–Kier alpha value is -8.52. The van der Waals surface area contributed by atoms with Gasteiger partial charge in [0, 0.05) is 30.6 Å². The number of unbranched alkanes of at least 4 members (excludes halogenated alkanes) is 1. The number of nitrogens with one attached hydrogen (secondary N) is 5. The molecule has 3 atom stereocenters. The molecule has 0 saturated heterocycles. The molecule has 0 bridgehead atoms. The van der Waals surface area contributed by atoms with Crippen molar-refractivity contribution in [1.82, 2.24) is 26.6 Å². The third kappa shape index (κ3) is 28.4. The van der Waals surface area contributed by atoms with Gasteiger partial charge in [-0.2, -0.15) is 0 Å². The number of rotatable bonds is 26. The van der Waals surface area contributed by atoms with Gasteiger partial charge in [-0.3, -0.25) is 44.2 Å². The Bertz CT molecular complexity index is 3100. The fourth-order valence-electron chi connectivity index (χ4n) is 10.5. The molecule has 3 aliphatic carbocycles. The first-order valence-electron chi connectivity index (χ1n) is 33.9. The zero-order chi connectivity index (χ0) is 71.5. The first kappa shape index (κ1) is 83.6. The van der Waals surface area contributed by atoms with E-state index in [2.05, 4.69) is 137 Å². The van der Waals surface area contributed by atoms with Crippen LogP contribution in [0.4, 0.5) is 4.79 Å². The highest BCUT2D eigenvalue weighted by Crippen LogP contribution is 2.47. The van der Waals surface area contributed by atoms with Gasteiger partial charge in [-0.15, -0.1) is 0 Å². The van der Waals surface area contributed by atoms with Crippen LogP contribution in [0.1, 0.15) is 180 Å². The average molecular weight is 1320 g/mol. The van der Waals surface area contributed by atoms with Crippen LogP contribution in [0.3, 0.4) is 0 Å². The molecule has 2 unspecified atom stereocenters. The molecule has 0 fully saturated rings. The summed E-state index contributed by atoms with van der Waals surface area (Å²) in [6.45, 7) is 26.6. The first-order chi connectivity index (χ1) is 46.2. The molecule has 0 aromatic heterocycles. The number of carbonyl (C=O) groups is 8. The van der Waals surface area contributed by atoms with Gasteiger partial charge in [-0.05, 0) is 128 Å². The molecule has 0 saturated carbocycles. The van der Waals surface area contributed by atoms with Crippen LogP contribution in [0.2, 0.25) is 0 Å². The molecular formula is C78H109N7O11. The molecule has 6 aromatic rings. The van der Waals surface area contributed by atoms with Gasteiger partial charge < -0.3 is 41.6 Å². The summed E-state index contributed by atoms with van der Waals surface area (Å²) >= 11 is 0. The van der Waals surface area contributed by atoms with Crippen LogP contribution in [-0.4, -0.2) is 125 Å². The van der Waals surface area contributed by atoms with Gasteiger partial charge in [-0.25, -0.2) is 4.79 Å². The maximum absolute atomic E-state index is 11.8. The summed E-state index contributed by atoms with van der Waals surface area (Å²) in [6, 6.07) is 49.0. The van der Waals surface area contributed by atoms with Gasteiger partial charge >= 0.3 is 18.0 Å². The van der Waals surface area contributed by atoms with Gasteiger partial charge in [0.25, 0.3) is 0 Å². The number of benzene rings is 6. The van der Waals surface area contributed by atoms with Crippen molar-refractivity contribution >= 4 is 47.1 Å². The molecule has 18 heteroatoms. The Balaban J connectivity index is 0.000000410. The largest absolute Gasteiger partial charge is 0.465 e. The number of fused-ring (bicyclic) bond motifs is 9. The van der Waals surface area contributed by atoms with Crippen molar-refractivity contribution in [3.63, 3.8) is 0 Å². The van der Waals surface area contributed by atoms with Crippen molar-refractivity contribution in [2.24, 2.45) is 11.5 Å². The SMILES string of the molecule is CC.CC.CC(=O)CNC(=O)OCC1c2ccccc2-c2ccccc21.CC(=O)CN[C@@H](CCCCNC(C)C(=O)CNC(C)N)C(N)=O.CCC.CCC(=O)OCC1c2ccccc2-c2ccccc21.CCC(=O)OCC1c2ccccc2-c2ccccc21.CNCC(C)=O. The van der Waals surface area contributed by atoms with E-state index in [1.807, 2.05) is 97.0 Å². The minimum atomic E-state index is -0.558. The maximum atomic E-state index is 11.8. The van der Waals surface area contributed by atoms with E-state index in [0.717, 1.165) is 12.8 Å². The summed E-state index contributed by atoms with van der Waals surface area (Å²) in [5.74, 6) is -0.258. The molecular weight excluding hydrogens is 1210 g/mol. The summed E-state index contributed by atoms with van der Waals surface area (Å²) in [4.78, 5) is 89.2. The molecule has 2 amide bonds. The van der Waals surface area contributed by atoms with Crippen molar-refractivity contribution in [2.75, 3.05) is 59.6 Å². The zero-order valence-corrected chi connectivity index (χ0v) is 59.4. The molecule has 96 heavy (non-hydrogen) atoms. The van der Waals surface area contributed by atoms with Gasteiger partial charge in [0.05, 0.1) is 44.4 Å². The fraction of sp³-hybridized carbons (Fsp3) is 0.436. The summed E-state index contributed by atoms with van der Waals surface area (Å²) in [5, 5.41) is 14.0. The van der Waals surface area contributed by atoms with E-state index in [1.165, 1.54) is 87.0 Å². The number of ether oxygens (including phenoxy) is 3. The second-order valence-electron chi connectivity index (χ2n) is 22.7. The van der Waals surface area contributed by atoms with Crippen LogP contribution in [-0.2, 0) is 47.8 Å². The van der Waals surface area contributed by atoms with Crippen LogP contribution in [0, 0.1) is 0 Å². The van der Waals surface area contributed by atoms with Crippen molar-refractivity contribution < 1.29 is 52.6 Å². The molecule has 9 N–H and O–H groups in total. The van der Waals surface area contributed by atoms with Crippen LogP contribution >= 0.6 is 0 Å². The lowest BCUT2D eigenvalue weighted by atomic mass is 9.98. The average Bonchev–Trinajstić information content (AvgIpc) is 1.64. The molecule has 6 aromatic carbocycles. The van der Waals surface area contributed by atoms with E-state index in [0.29, 0.717) is 45.6 Å². The number of nitrogens with two attached hydrogens (primary N) is 2. The summed E-state index contributed by atoms with van der Waals surface area (Å²) in [5.41, 5.74) is 25.6. The zero-order valence-electron chi connectivity index (χ0n) is 59.4. The third-order valence-corrected chi connectivity index (χ3v) is 15.0. The Kier molecular flexibility index (Phi) is 41.2. The number of likely N-dealkylation sites (N-methyl/N-ethyl adjacent to an activating group) is 1. The van der Waals surface area contributed by atoms with E-state index < -0.39 is 18.0 Å². The quantitative estimate of drug-likeness (QED) is 0.0115. The van der Waals surface area contributed by atoms with Crippen LogP contribution in [0.25, 0.3) is 33.4 Å². The highest BCUT2D eigenvalue weighted by molar-refractivity contribution is 5.86. The van der Waals surface area contributed by atoms with E-state index in [4.69, 9.17) is 25.7 Å². The minimum Gasteiger partial charge on any atom is -0.465 e. The highest BCUT2D eigenvalue weighted by Gasteiger charge is 2.31. The summed E-state index contributed by atoms with van der Waals surface area (Å²) < 4.78 is 16.0. The van der Waals surface area contributed by atoms with Gasteiger partial charge in [0.15, 0.2) is 5.78 Å². The number of hydrogen-bond donors (Lipinski definition) is 7. The van der Waals surface area contributed by atoms with Crippen molar-refractivity contribution in [3.05, 3.63) is 179 Å².